The van der Waals surface area contributed by atoms with Crippen molar-refractivity contribution in [2.24, 2.45) is 0 Å². The number of methoxy groups -OCH3 is 1. The van der Waals surface area contributed by atoms with E-state index in [2.05, 4.69) is 5.32 Å². The molecule has 1 N–H and O–H groups in total. The SMILES string of the molecule is CCN1C(=O)c2c(OC)c(=O)c(C(=O)NCc3c(F)cc(F)cc3F)cn2[C@H]2CCC3(C[C@H]21)OCCO3. The highest BCUT2D eigenvalue weighted by Crippen LogP contribution is 2.45. The summed E-state index contributed by atoms with van der Waals surface area (Å²) in [4.78, 5) is 41.4. The van der Waals surface area contributed by atoms with Crippen molar-refractivity contribution in [2.75, 3.05) is 26.9 Å². The molecule has 0 bridgehead atoms. The largest absolute Gasteiger partial charge is 0.491 e. The highest BCUT2D eigenvalue weighted by molar-refractivity contribution is 5.99. The van der Waals surface area contributed by atoms with E-state index in [1.807, 2.05) is 6.92 Å². The predicted octanol–water partition coefficient (Wildman–Crippen LogP) is 2.52. The third-order valence-corrected chi connectivity index (χ3v) is 7.33. The number of fused-ring (bicyclic) bond motifs is 3. The maximum Gasteiger partial charge on any atom is 0.274 e. The summed E-state index contributed by atoms with van der Waals surface area (Å²) in [5, 5.41) is 2.31. The molecule has 0 unspecified atom stereocenters. The average molecular weight is 521 g/mol. The van der Waals surface area contributed by atoms with Crippen LogP contribution in [-0.2, 0) is 16.0 Å². The number of benzene rings is 1. The maximum atomic E-state index is 14.0. The molecule has 9 nitrogen and oxygen atoms in total. The molecule has 1 aromatic heterocycles. The second-order valence-corrected chi connectivity index (χ2v) is 9.27. The molecule has 0 radical (unpaired) electrons. The number of pyridine rings is 1. The number of ether oxygens (including phenoxy) is 3. The van der Waals surface area contributed by atoms with E-state index in [0.717, 1.165) is 0 Å². The molecule has 2 atom stereocenters. The molecule has 2 amide bonds. The first-order valence-corrected chi connectivity index (χ1v) is 12.0. The van der Waals surface area contributed by atoms with Gasteiger partial charge in [0.25, 0.3) is 11.8 Å². The van der Waals surface area contributed by atoms with Crippen LogP contribution in [-0.4, -0.2) is 60.0 Å². The van der Waals surface area contributed by atoms with Crippen LogP contribution in [0.15, 0.2) is 23.1 Å². The van der Waals surface area contributed by atoms with Crippen LogP contribution < -0.4 is 15.5 Å². The van der Waals surface area contributed by atoms with Gasteiger partial charge in [-0.2, -0.15) is 0 Å². The van der Waals surface area contributed by atoms with Gasteiger partial charge in [0.1, 0.15) is 23.0 Å². The van der Waals surface area contributed by atoms with E-state index < -0.39 is 52.6 Å². The smallest absolute Gasteiger partial charge is 0.274 e. The summed E-state index contributed by atoms with van der Waals surface area (Å²) in [6, 6.07) is 0.391. The van der Waals surface area contributed by atoms with Crippen molar-refractivity contribution in [3.05, 3.63) is 62.8 Å². The number of nitrogens with one attached hydrogen (secondary N) is 1. The molecule has 3 heterocycles. The fourth-order valence-corrected chi connectivity index (χ4v) is 5.62. The first kappa shape index (κ1) is 25.3. The minimum Gasteiger partial charge on any atom is -0.491 e. The number of likely N-dealkylation sites (N-methyl/N-ethyl adjacent to an activating group) is 1. The van der Waals surface area contributed by atoms with Crippen LogP contribution in [0.25, 0.3) is 0 Å². The lowest BCUT2D eigenvalue weighted by atomic mass is 9.82. The number of hydrogen-bond donors (Lipinski definition) is 1. The number of nitrogens with zero attached hydrogens (tertiary/aromatic N) is 2. The molecule has 1 spiro atoms. The maximum absolute atomic E-state index is 14.0. The molecule has 2 fully saturated rings. The van der Waals surface area contributed by atoms with Gasteiger partial charge in [-0.15, -0.1) is 0 Å². The summed E-state index contributed by atoms with van der Waals surface area (Å²) >= 11 is 0. The molecular weight excluding hydrogens is 495 g/mol. The van der Waals surface area contributed by atoms with Crippen molar-refractivity contribution >= 4 is 11.8 Å². The average Bonchev–Trinajstić information content (AvgIpc) is 3.30. The van der Waals surface area contributed by atoms with Gasteiger partial charge < -0.3 is 29.0 Å². The van der Waals surface area contributed by atoms with Gasteiger partial charge in [-0.3, -0.25) is 14.4 Å². The van der Waals surface area contributed by atoms with Gasteiger partial charge in [0.05, 0.1) is 32.4 Å². The Morgan fingerprint density at radius 2 is 1.84 bits per heavy atom. The predicted molar refractivity (Wildman–Crippen MR) is 123 cm³/mol. The monoisotopic (exact) mass is 521 g/mol. The standard InChI is InChI=1S/C25H26F3N3O6/c1-3-30-19-10-25(36-6-7-37-25)5-4-18(19)31-12-15(21(32)22(35-2)20(31)24(30)34)23(33)29-11-14-16(27)8-13(26)9-17(14)28/h8-9,12,18-19H,3-7,10-11H2,1-2H3,(H,29,33)/t18-,19+/m0/s1. The number of hydrogen-bond acceptors (Lipinski definition) is 6. The summed E-state index contributed by atoms with van der Waals surface area (Å²) in [6.45, 7) is 2.53. The molecule has 2 aromatic rings. The zero-order valence-electron chi connectivity index (χ0n) is 20.3. The van der Waals surface area contributed by atoms with Gasteiger partial charge >= 0.3 is 0 Å². The Bertz CT molecular complexity index is 1300. The molecule has 5 rings (SSSR count). The van der Waals surface area contributed by atoms with Crippen molar-refractivity contribution in [3.8, 4) is 5.75 Å². The quantitative estimate of drug-likeness (QED) is 0.650. The van der Waals surface area contributed by atoms with Crippen LogP contribution in [0.5, 0.6) is 5.75 Å². The molecule has 1 aromatic carbocycles. The molecule has 1 saturated carbocycles. The third kappa shape index (κ3) is 4.17. The fraction of sp³-hybridized carbons (Fsp3) is 0.480. The Kier molecular flexibility index (Phi) is 6.48. The molecule has 12 heteroatoms. The summed E-state index contributed by atoms with van der Waals surface area (Å²) in [7, 11) is 1.23. The van der Waals surface area contributed by atoms with E-state index in [0.29, 0.717) is 51.2 Å². The number of carbonyl (C=O) groups is 2. The van der Waals surface area contributed by atoms with Crippen LogP contribution in [0.4, 0.5) is 13.2 Å². The lowest BCUT2D eigenvalue weighted by Crippen LogP contribution is -2.57. The Labute approximate surface area is 210 Å². The highest BCUT2D eigenvalue weighted by Gasteiger charge is 2.51. The van der Waals surface area contributed by atoms with E-state index in [4.69, 9.17) is 14.2 Å². The minimum absolute atomic E-state index is 0.0342. The number of aromatic nitrogens is 1. The Hall–Kier alpha value is -3.38. The topological polar surface area (TPSA) is 99.1 Å². The molecular formula is C25H26F3N3O6. The van der Waals surface area contributed by atoms with Gasteiger partial charge in [0.15, 0.2) is 17.2 Å². The summed E-state index contributed by atoms with van der Waals surface area (Å²) in [6.07, 6.45) is 2.82. The van der Waals surface area contributed by atoms with E-state index in [9.17, 15) is 27.6 Å². The number of amides is 2. The lowest BCUT2D eigenvalue weighted by Gasteiger charge is -2.49. The van der Waals surface area contributed by atoms with E-state index in [-0.39, 0.29) is 29.1 Å². The molecule has 3 aliphatic rings. The first-order valence-electron chi connectivity index (χ1n) is 12.0. The lowest BCUT2D eigenvalue weighted by molar-refractivity contribution is -0.194. The molecule has 1 aliphatic carbocycles. The summed E-state index contributed by atoms with van der Waals surface area (Å²) in [5.74, 6) is -5.84. The zero-order valence-corrected chi connectivity index (χ0v) is 20.3. The normalized spacial score (nSPS) is 22.1. The van der Waals surface area contributed by atoms with Gasteiger partial charge in [0, 0.05) is 49.8 Å². The van der Waals surface area contributed by atoms with Crippen LogP contribution in [0.3, 0.4) is 0 Å². The van der Waals surface area contributed by atoms with Gasteiger partial charge in [-0.25, -0.2) is 13.2 Å². The summed E-state index contributed by atoms with van der Waals surface area (Å²) in [5.41, 5.74) is -1.70. The van der Waals surface area contributed by atoms with Crippen LogP contribution in [0, 0.1) is 17.5 Å². The third-order valence-electron chi connectivity index (χ3n) is 7.33. The molecule has 2 aliphatic heterocycles. The molecule has 1 saturated heterocycles. The Balaban J connectivity index is 1.51. The number of carbonyl (C=O) groups excluding carboxylic acids is 2. The van der Waals surface area contributed by atoms with E-state index >= 15 is 0 Å². The van der Waals surface area contributed by atoms with Crippen molar-refractivity contribution < 1.29 is 37.0 Å². The van der Waals surface area contributed by atoms with Crippen molar-refractivity contribution in [1.29, 1.82) is 0 Å². The number of halogens is 3. The van der Waals surface area contributed by atoms with E-state index in [1.165, 1.54) is 13.3 Å². The van der Waals surface area contributed by atoms with Crippen molar-refractivity contribution in [2.45, 2.75) is 50.6 Å². The Morgan fingerprint density at radius 1 is 1.16 bits per heavy atom. The number of rotatable bonds is 5. The van der Waals surface area contributed by atoms with E-state index in [1.54, 1.807) is 9.47 Å². The van der Waals surface area contributed by atoms with Gasteiger partial charge in [-0.1, -0.05) is 0 Å². The zero-order chi connectivity index (χ0) is 26.5. The first-order chi connectivity index (χ1) is 17.7. The highest BCUT2D eigenvalue weighted by atomic mass is 19.1. The second kappa shape index (κ2) is 9.49. The van der Waals surface area contributed by atoms with Crippen molar-refractivity contribution in [3.63, 3.8) is 0 Å². The Morgan fingerprint density at radius 3 is 2.46 bits per heavy atom. The molecule has 198 valence electrons. The second-order valence-electron chi connectivity index (χ2n) is 9.27. The van der Waals surface area contributed by atoms with Gasteiger partial charge in [0.2, 0.25) is 5.43 Å². The van der Waals surface area contributed by atoms with Crippen LogP contribution in [0.1, 0.15) is 58.6 Å². The summed E-state index contributed by atoms with van der Waals surface area (Å²) < 4.78 is 59.9. The van der Waals surface area contributed by atoms with Crippen LogP contribution in [0.2, 0.25) is 0 Å². The molecule has 37 heavy (non-hydrogen) atoms. The van der Waals surface area contributed by atoms with Gasteiger partial charge in [-0.05, 0) is 13.3 Å². The van der Waals surface area contributed by atoms with Crippen molar-refractivity contribution in [1.82, 2.24) is 14.8 Å². The van der Waals surface area contributed by atoms with Crippen LogP contribution >= 0.6 is 0 Å². The minimum atomic E-state index is -1.17. The fourth-order valence-electron chi connectivity index (χ4n) is 5.62.